The van der Waals surface area contributed by atoms with Crippen molar-refractivity contribution in [2.45, 2.75) is 33.2 Å². The van der Waals surface area contributed by atoms with Crippen LogP contribution in [-0.4, -0.2) is 4.98 Å². The number of nitrogens with two attached hydrogens (primary N) is 1. The monoisotopic (exact) mass is 234 g/mol. The molecular formula is C13H18N2S. The minimum atomic E-state index is 0.0720. The van der Waals surface area contributed by atoms with Gasteiger partial charge in [-0.05, 0) is 30.5 Å². The summed E-state index contributed by atoms with van der Waals surface area (Å²) in [4.78, 5) is 4.64. The molecule has 0 bridgehead atoms. The Morgan fingerprint density at radius 1 is 1.44 bits per heavy atom. The van der Waals surface area contributed by atoms with Crippen LogP contribution in [0.2, 0.25) is 0 Å². The molecule has 2 atom stereocenters. The highest BCUT2D eigenvalue weighted by molar-refractivity contribution is 7.18. The van der Waals surface area contributed by atoms with Gasteiger partial charge in [0.15, 0.2) is 0 Å². The fraction of sp³-hybridized carbons (Fsp3) is 0.462. The molecule has 0 fully saturated rings. The van der Waals surface area contributed by atoms with Crippen molar-refractivity contribution in [2.24, 2.45) is 11.7 Å². The van der Waals surface area contributed by atoms with Gasteiger partial charge in [0.2, 0.25) is 0 Å². The van der Waals surface area contributed by atoms with Gasteiger partial charge in [-0.2, -0.15) is 0 Å². The summed E-state index contributed by atoms with van der Waals surface area (Å²) >= 11 is 1.72. The van der Waals surface area contributed by atoms with Gasteiger partial charge in [-0.1, -0.05) is 26.3 Å². The van der Waals surface area contributed by atoms with Crippen LogP contribution >= 0.6 is 11.3 Å². The number of hydrogen-bond acceptors (Lipinski definition) is 3. The lowest BCUT2D eigenvalue weighted by atomic mass is 10.0. The van der Waals surface area contributed by atoms with E-state index in [2.05, 4.69) is 44.0 Å². The second kappa shape index (κ2) is 4.52. The van der Waals surface area contributed by atoms with Gasteiger partial charge in [-0.3, -0.25) is 0 Å². The third-order valence-corrected chi connectivity index (χ3v) is 4.24. The standard InChI is InChI=1S/C13H18N2S/c1-4-9(3)12(14)13-15-10-7-8(2)5-6-11(10)16-13/h5-7,9,12H,4,14H2,1-3H3. The summed E-state index contributed by atoms with van der Waals surface area (Å²) in [5.41, 5.74) is 8.53. The molecular weight excluding hydrogens is 216 g/mol. The van der Waals surface area contributed by atoms with Crippen LogP contribution in [0.5, 0.6) is 0 Å². The molecule has 2 unspecified atom stereocenters. The molecule has 1 aromatic carbocycles. The number of benzene rings is 1. The molecule has 0 amide bonds. The first-order valence-corrected chi connectivity index (χ1v) is 6.56. The lowest BCUT2D eigenvalue weighted by molar-refractivity contribution is 0.456. The predicted molar refractivity (Wildman–Crippen MR) is 70.7 cm³/mol. The smallest absolute Gasteiger partial charge is 0.111 e. The van der Waals surface area contributed by atoms with Crippen LogP contribution in [0.3, 0.4) is 0 Å². The van der Waals surface area contributed by atoms with E-state index in [4.69, 9.17) is 5.73 Å². The van der Waals surface area contributed by atoms with E-state index in [1.807, 2.05) is 0 Å². The summed E-state index contributed by atoms with van der Waals surface area (Å²) < 4.78 is 1.24. The zero-order chi connectivity index (χ0) is 11.7. The molecule has 0 aliphatic heterocycles. The molecule has 2 N–H and O–H groups in total. The maximum absolute atomic E-state index is 6.20. The van der Waals surface area contributed by atoms with E-state index in [9.17, 15) is 0 Å². The van der Waals surface area contributed by atoms with Gasteiger partial charge >= 0.3 is 0 Å². The number of aromatic nitrogens is 1. The third-order valence-electron chi connectivity index (χ3n) is 3.10. The van der Waals surface area contributed by atoms with Crippen molar-refractivity contribution >= 4 is 21.6 Å². The molecule has 0 aliphatic carbocycles. The van der Waals surface area contributed by atoms with Crippen LogP contribution in [0.1, 0.15) is 36.9 Å². The summed E-state index contributed by atoms with van der Waals surface area (Å²) in [5, 5.41) is 1.06. The van der Waals surface area contributed by atoms with E-state index >= 15 is 0 Å². The molecule has 0 saturated carbocycles. The molecule has 16 heavy (non-hydrogen) atoms. The fourth-order valence-corrected chi connectivity index (χ4v) is 2.78. The van der Waals surface area contributed by atoms with E-state index in [1.165, 1.54) is 10.3 Å². The Hall–Kier alpha value is -0.930. The molecule has 1 aromatic heterocycles. The minimum absolute atomic E-state index is 0.0720. The average Bonchev–Trinajstić information content (AvgIpc) is 2.69. The number of thiazole rings is 1. The van der Waals surface area contributed by atoms with Crippen molar-refractivity contribution in [1.29, 1.82) is 0 Å². The fourth-order valence-electron chi connectivity index (χ4n) is 1.70. The first-order valence-electron chi connectivity index (χ1n) is 5.74. The lowest BCUT2D eigenvalue weighted by Gasteiger charge is -2.14. The molecule has 1 heterocycles. The first-order chi connectivity index (χ1) is 7.61. The van der Waals surface area contributed by atoms with Crippen molar-refractivity contribution in [1.82, 2.24) is 4.98 Å². The summed E-state index contributed by atoms with van der Waals surface area (Å²) in [5.74, 6) is 0.488. The Morgan fingerprint density at radius 3 is 2.88 bits per heavy atom. The van der Waals surface area contributed by atoms with Gasteiger partial charge in [0.25, 0.3) is 0 Å². The van der Waals surface area contributed by atoms with Crippen molar-refractivity contribution in [3.8, 4) is 0 Å². The molecule has 0 spiro atoms. The number of rotatable bonds is 3. The van der Waals surface area contributed by atoms with Gasteiger partial charge in [-0.15, -0.1) is 11.3 Å². The Labute approximate surface area is 101 Å². The topological polar surface area (TPSA) is 38.9 Å². The predicted octanol–water partition coefficient (Wildman–Crippen LogP) is 3.65. The van der Waals surface area contributed by atoms with Crippen LogP contribution in [0.15, 0.2) is 18.2 Å². The van der Waals surface area contributed by atoms with Gasteiger partial charge < -0.3 is 5.73 Å². The number of aryl methyl sites for hydroxylation is 1. The molecule has 3 heteroatoms. The van der Waals surface area contributed by atoms with Crippen LogP contribution in [-0.2, 0) is 0 Å². The van der Waals surface area contributed by atoms with E-state index in [-0.39, 0.29) is 6.04 Å². The van der Waals surface area contributed by atoms with E-state index < -0.39 is 0 Å². The minimum Gasteiger partial charge on any atom is -0.322 e. The van der Waals surface area contributed by atoms with Crippen LogP contribution < -0.4 is 5.73 Å². The zero-order valence-electron chi connectivity index (χ0n) is 10.0. The highest BCUT2D eigenvalue weighted by Crippen LogP contribution is 2.30. The quantitative estimate of drug-likeness (QED) is 0.880. The second-order valence-electron chi connectivity index (χ2n) is 4.43. The third kappa shape index (κ3) is 2.11. The highest BCUT2D eigenvalue weighted by atomic mass is 32.1. The van der Waals surface area contributed by atoms with Gasteiger partial charge in [-0.25, -0.2) is 4.98 Å². The molecule has 86 valence electrons. The molecule has 0 radical (unpaired) electrons. The van der Waals surface area contributed by atoms with E-state index in [1.54, 1.807) is 11.3 Å². The summed E-state index contributed by atoms with van der Waals surface area (Å²) in [6.07, 6.45) is 1.09. The number of hydrogen-bond donors (Lipinski definition) is 1. The second-order valence-corrected chi connectivity index (χ2v) is 5.50. The maximum atomic E-state index is 6.20. The van der Waals surface area contributed by atoms with Crippen LogP contribution in [0, 0.1) is 12.8 Å². The first kappa shape index (κ1) is 11.6. The van der Waals surface area contributed by atoms with Crippen LogP contribution in [0.4, 0.5) is 0 Å². The maximum Gasteiger partial charge on any atom is 0.111 e. The summed E-state index contributed by atoms with van der Waals surface area (Å²) in [6.45, 7) is 6.44. The van der Waals surface area contributed by atoms with Crippen molar-refractivity contribution in [3.05, 3.63) is 28.8 Å². The Morgan fingerprint density at radius 2 is 2.19 bits per heavy atom. The molecule has 0 saturated heterocycles. The largest absolute Gasteiger partial charge is 0.322 e. The number of fused-ring (bicyclic) bond motifs is 1. The normalized spacial score (nSPS) is 15.2. The lowest BCUT2D eigenvalue weighted by Crippen LogP contribution is -2.18. The highest BCUT2D eigenvalue weighted by Gasteiger charge is 2.17. The van der Waals surface area contributed by atoms with Gasteiger partial charge in [0.05, 0.1) is 16.3 Å². The summed E-state index contributed by atoms with van der Waals surface area (Å²) in [6, 6.07) is 6.45. The zero-order valence-corrected chi connectivity index (χ0v) is 10.8. The van der Waals surface area contributed by atoms with Crippen molar-refractivity contribution in [3.63, 3.8) is 0 Å². The Kier molecular flexibility index (Phi) is 3.26. The molecule has 2 aromatic rings. The summed E-state index contributed by atoms with van der Waals surface area (Å²) in [7, 11) is 0. The van der Waals surface area contributed by atoms with E-state index in [0.29, 0.717) is 5.92 Å². The van der Waals surface area contributed by atoms with Gasteiger partial charge in [0.1, 0.15) is 5.01 Å². The van der Waals surface area contributed by atoms with Crippen LogP contribution in [0.25, 0.3) is 10.2 Å². The van der Waals surface area contributed by atoms with E-state index in [0.717, 1.165) is 16.9 Å². The molecule has 0 aliphatic rings. The van der Waals surface area contributed by atoms with Gasteiger partial charge in [0, 0.05) is 0 Å². The molecule has 2 rings (SSSR count). The Bertz CT molecular complexity index is 490. The average molecular weight is 234 g/mol. The molecule has 2 nitrogen and oxygen atoms in total. The van der Waals surface area contributed by atoms with Crippen molar-refractivity contribution in [2.75, 3.05) is 0 Å². The number of nitrogens with zero attached hydrogens (tertiary/aromatic N) is 1. The Balaban J connectivity index is 2.39. The van der Waals surface area contributed by atoms with Crippen molar-refractivity contribution < 1.29 is 0 Å². The SMILES string of the molecule is CCC(C)C(N)c1nc2cc(C)ccc2s1.